The topological polar surface area (TPSA) is 87.7 Å². The number of carbonyl (C=O) groups excluding carboxylic acids is 2. The molecule has 0 spiro atoms. The summed E-state index contributed by atoms with van der Waals surface area (Å²) >= 11 is 12.2. The minimum Gasteiger partial charge on any atom is -0.489 e. The van der Waals surface area contributed by atoms with Crippen LogP contribution in [-0.4, -0.2) is 24.1 Å². The number of nitrogens with one attached hydrogen (secondary N) is 2. The Morgan fingerprint density at radius 1 is 1.21 bits per heavy atom. The normalized spacial score (nSPS) is 20.4. The molecule has 2 amide bonds. The second-order valence-corrected chi connectivity index (χ2v) is 7.58. The number of carbonyl (C=O) groups is 2. The van der Waals surface area contributed by atoms with Gasteiger partial charge in [-0.05, 0) is 36.6 Å². The number of hydrogen-bond acceptors (Lipinski definition) is 4. The van der Waals surface area contributed by atoms with E-state index >= 15 is 0 Å². The van der Waals surface area contributed by atoms with Crippen LogP contribution >= 0.6 is 23.2 Å². The fraction of sp³-hybridized carbons (Fsp3) is 0.300. The maximum atomic E-state index is 12.3. The number of hydrogen-bond donors (Lipinski definition) is 3. The van der Waals surface area contributed by atoms with E-state index in [1.54, 1.807) is 23.7 Å². The predicted octanol–water partition coefficient (Wildman–Crippen LogP) is 3.37. The molecule has 0 bridgehead atoms. The first-order chi connectivity index (χ1) is 13.4. The Bertz CT molecular complexity index is 888. The van der Waals surface area contributed by atoms with E-state index in [4.69, 9.17) is 33.1 Å². The summed E-state index contributed by atoms with van der Waals surface area (Å²) in [6.07, 6.45) is 0.787. The fourth-order valence-corrected chi connectivity index (χ4v) is 3.77. The maximum Gasteiger partial charge on any atom is 0.247 e. The van der Waals surface area contributed by atoms with Gasteiger partial charge in [0, 0.05) is 12.6 Å². The van der Waals surface area contributed by atoms with Crippen LogP contribution < -0.4 is 15.5 Å². The van der Waals surface area contributed by atoms with Gasteiger partial charge in [0.2, 0.25) is 11.8 Å². The highest BCUT2D eigenvalue weighted by molar-refractivity contribution is 6.42. The molecule has 0 radical (unpaired) electrons. The van der Waals surface area contributed by atoms with Gasteiger partial charge >= 0.3 is 0 Å². The minimum absolute atomic E-state index is 0.211. The first-order valence-electron chi connectivity index (χ1n) is 8.72. The summed E-state index contributed by atoms with van der Waals surface area (Å²) in [5, 5.41) is 12.4. The van der Waals surface area contributed by atoms with Crippen LogP contribution in [0.2, 0.25) is 10.0 Å². The summed E-state index contributed by atoms with van der Waals surface area (Å²) in [6.45, 7) is 0.277. The van der Waals surface area contributed by atoms with Crippen LogP contribution in [0.4, 0.5) is 0 Å². The molecule has 2 aromatic carbocycles. The molecule has 1 aliphatic carbocycles. The van der Waals surface area contributed by atoms with Gasteiger partial charge in [0.25, 0.3) is 0 Å². The molecule has 1 fully saturated rings. The van der Waals surface area contributed by atoms with E-state index in [2.05, 4.69) is 5.32 Å². The van der Waals surface area contributed by atoms with Gasteiger partial charge in [-0.15, -0.1) is 0 Å². The van der Waals surface area contributed by atoms with Crippen molar-refractivity contribution in [1.29, 1.82) is 0 Å². The molecule has 0 heterocycles. The lowest BCUT2D eigenvalue weighted by atomic mass is 9.92. The van der Waals surface area contributed by atoms with Crippen molar-refractivity contribution < 1.29 is 19.5 Å². The molecule has 0 aromatic heterocycles. The van der Waals surface area contributed by atoms with E-state index in [-0.39, 0.29) is 12.5 Å². The number of benzene rings is 2. The van der Waals surface area contributed by atoms with Crippen LogP contribution in [0.5, 0.6) is 5.75 Å². The molecule has 0 saturated heterocycles. The summed E-state index contributed by atoms with van der Waals surface area (Å²) in [5.74, 6) is -0.647. The molecule has 1 saturated carbocycles. The zero-order valence-electron chi connectivity index (χ0n) is 15.2. The van der Waals surface area contributed by atoms with E-state index in [0.717, 1.165) is 11.1 Å². The molecule has 6 nitrogen and oxygen atoms in total. The smallest absolute Gasteiger partial charge is 0.247 e. The minimum atomic E-state index is -0.835. The third-order valence-corrected chi connectivity index (χ3v) is 5.91. The molecule has 2 atom stereocenters. The summed E-state index contributed by atoms with van der Waals surface area (Å²) in [7, 11) is 1.54. The molecule has 2 aromatic rings. The van der Waals surface area contributed by atoms with Gasteiger partial charge in [-0.2, -0.15) is 0 Å². The van der Waals surface area contributed by atoms with Crippen molar-refractivity contribution in [2.45, 2.75) is 19.4 Å². The highest BCUT2D eigenvalue weighted by Crippen LogP contribution is 2.55. The lowest BCUT2D eigenvalue weighted by molar-refractivity contribution is -0.135. The molecule has 148 valence electrons. The molecule has 8 heteroatoms. The SMILES string of the molecule is CNC(=O)C1(Cc2ccc(OCc3cccc(Cl)c3Cl)cc2)CC1C(=O)NO. The standard InChI is InChI=1S/C20H20Cl2N2O4/c1-23-19(26)20(10-15(20)18(25)24-27)9-12-5-7-14(8-6-12)28-11-13-3-2-4-16(21)17(13)22/h2-8,15,27H,9-11H2,1H3,(H,23,26)(H,24,25). The van der Waals surface area contributed by atoms with Gasteiger partial charge in [0.15, 0.2) is 0 Å². The van der Waals surface area contributed by atoms with Crippen LogP contribution in [0.1, 0.15) is 17.5 Å². The van der Waals surface area contributed by atoms with E-state index in [9.17, 15) is 9.59 Å². The Hall–Kier alpha value is -2.28. The molecular formula is C20H20Cl2N2O4. The Morgan fingerprint density at radius 3 is 2.57 bits per heavy atom. The molecule has 3 N–H and O–H groups in total. The van der Waals surface area contributed by atoms with Crippen LogP contribution in [-0.2, 0) is 22.6 Å². The van der Waals surface area contributed by atoms with E-state index in [0.29, 0.717) is 28.6 Å². The summed E-state index contributed by atoms with van der Waals surface area (Å²) in [5.41, 5.74) is 2.48. The number of rotatable bonds is 7. The largest absolute Gasteiger partial charge is 0.489 e. The first-order valence-corrected chi connectivity index (χ1v) is 9.47. The van der Waals surface area contributed by atoms with Gasteiger partial charge in [-0.1, -0.05) is 47.5 Å². The second-order valence-electron chi connectivity index (χ2n) is 6.79. The molecule has 1 aliphatic rings. The third kappa shape index (κ3) is 4.09. The zero-order valence-corrected chi connectivity index (χ0v) is 16.7. The highest BCUT2D eigenvalue weighted by atomic mass is 35.5. The average Bonchev–Trinajstić information content (AvgIpc) is 3.44. The van der Waals surface area contributed by atoms with Crippen molar-refractivity contribution in [2.75, 3.05) is 7.05 Å². The molecule has 3 rings (SSSR count). The summed E-state index contributed by atoms with van der Waals surface area (Å²) in [4.78, 5) is 24.0. The Labute approximate surface area is 172 Å². The van der Waals surface area contributed by atoms with Gasteiger partial charge in [0.05, 0.1) is 21.4 Å². The van der Waals surface area contributed by atoms with E-state index in [1.165, 1.54) is 7.05 Å². The number of hydroxylamine groups is 1. The summed E-state index contributed by atoms with van der Waals surface area (Å²) in [6, 6.07) is 12.7. The van der Waals surface area contributed by atoms with Crippen LogP contribution in [0, 0.1) is 11.3 Å². The third-order valence-electron chi connectivity index (χ3n) is 5.05. The molecule has 0 aliphatic heterocycles. The molecule has 2 unspecified atom stereocenters. The number of halogens is 2. The molecule has 28 heavy (non-hydrogen) atoms. The van der Waals surface area contributed by atoms with Gasteiger partial charge in [-0.25, -0.2) is 5.48 Å². The Morgan fingerprint density at radius 2 is 1.93 bits per heavy atom. The zero-order chi connectivity index (χ0) is 20.3. The monoisotopic (exact) mass is 422 g/mol. The van der Waals surface area contributed by atoms with Crippen LogP contribution in [0.3, 0.4) is 0 Å². The summed E-state index contributed by atoms with van der Waals surface area (Å²) < 4.78 is 5.75. The number of amides is 2. The van der Waals surface area contributed by atoms with Crippen molar-refractivity contribution in [3.05, 3.63) is 63.6 Å². The van der Waals surface area contributed by atoms with Crippen molar-refractivity contribution in [3.63, 3.8) is 0 Å². The van der Waals surface area contributed by atoms with Gasteiger partial charge < -0.3 is 10.1 Å². The van der Waals surface area contributed by atoms with Crippen LogP contribution in [0.25, 0.3) is 0 Å². The fourth-order valence-electron chi connectivity index (χ4n) is 3.39. The van der Waals surface area contributed by atoms with Gasteiger partial charge in [0.1, 0.15) is 12.4 Å². The van der Waals surface area contributed by atoms with Crippen molar-refractivity contribution in [1.82, 2.24) is 10.8 Å². The Balaban J connectivity index is 1.66. The lowest BCUT2D eigenvalue weighted by Crippen LogP contribution is -2.35. The van der Waals surface area contributed by atoms with Crippen molar-refractivity contribution >= 4 is 35.0 Å². The van der Waals surface area contributed by atoms with Gasteiger partial charge in [-0.3, -0.25) is 14.8 Å². The van der Waals surface area contributed by atoms with E-state index in [1.807, 2.05) is 24.3 Å². The second kappa shape index (κ2) is 8.39. The van der Waals surface area contributed by atoms with Crippen molar-refractivity contribution in [2.24, 2.45) is 11.3 Å². The number of ether oxygens (including phenoxy) is 1. The quantitative estimate of drug-likeness (QED) is 0.471. The Kier molecular flexibility index (Phi) is 6.13. The maximum absolute atomic E-state index is 12.3. The molecular weight excluding hydrogens is 403 g/mol. The first kappa shape index (κ1) is 20.5. The van der Waals surface area contributed by atoms with E-state index < -0.39 is 17.2 Å². The van der Waals surface area contributed by atoms with Crippen LogP contribution in [0.15, 0.2) is 42.5 Å². The average molecular weight is 423 g/mol. The van der Waals surface area contributed by atoms with Crippen molar-refractivity contribution in [3.8, 4) is 5.75 Å². The predicted molar refractivity (Wildman–Crippen MR) is 105 cm³/mol. The highest BCUT2D eigenvalue weighted by Gasteiger charge is 2.62. The lowest BCUT2D eigenvalue weighted by Gasteiger charge is -2.16.